The summed E-state index contributed by atoms with van der Waals surface area (Å²) in [6.45, 7) is 4.72. The van der Waals surface area contributed by atoms with Gasteiger partial charge >= 0.3 is 0 Å². The van der Waals surface area contributed by atoms with Crippen molar-refractivity contribution in [2.75, 3.05) is 33.2 Å². The minimum absolute atomic E-state index is 0.423. The van der Waals surface area contributed by atoms with Crippen LogP contribution in [-0.2, 0) is 16.6 Å². The molecule has 5 nitrogen and oxygen atoms in total. The van der Waals surface area contributed by atoms with Gasteiger partial charge in [0.2, 0.25) is 0 Å². The summed E-state index contributed by atoms with van der Waals surface area (Å²) in [7, 11) is -1.76. The maximum absolute atomic E-state index is 12.0. The van der Waals surface area contributed by atoms with E-state index in [4.69, 9.17) is 0 Å². The molecule has 0 radical (unpaired) electrons. The molecule has 0 aliphatic carbocycles. The molecule has 0 bridgehead atoms. The summed E-state index contributed by atoms with van der Waals surface area (Å²) in [5.74, 6) is 0. The summed E-state index contributed by atoms with van der Waals surface area (Å²) in [6.07, 6.45) is 1.52. The van der Waals surface area contributed by atoms with Crippen molar-refractivity contribution >= 4 is 37.5 Å². The van der Waals surface area contributed by atoms with Gasteiger partial charge in [0.05, 0.1) is 3.79 Å². The Hall–Kier alpha value is 0.01000. The van der Waals surface area contributed by atoms with Gasteiger partial charge < -0.3 is 5.32 Å². The summed E-state index contributed by atoms with van der Waals surface area (Å²) in [5.41, 5.74) is 0. The first-order chi connectivity index (χ1) is 9.45. The lowest BCUT2D eigenvalue weighted by Gasteiger charge is -2.17. The Morgan fingerprint density at radius 3 is 2.70 bits per heavy atom. The first-order valence-corrected chi connectivity index (χ1v) is 9.66. The van der Waals surface area contributed by atoms with Crippen LogP contribution in [0, 0.1) is 0 Å². The number of hydrogen-bond acceptors (Lipinski definition) is 4. The molecule has 0 saturated carbocycles. The summed E-state index contributed by atoms with van der Waals surface area (Å²) in [4.78, 5) is 1.16. The van der Waals surface area contributed by atoms with Gasteiger partial charge in [0.25, 0.3) is 10.2 Å². The average Bonchev–Trinajstić information content (AvgIpc) is 2.80. The van der Waals surface area contributed by atoms with E-state index in [9.17, 15) is 8.42 Å². The summed E-state index contributed by atoms with van der Waals surface area (Å²) in [6, 6.07) is 3.98. The Bertz CT molecular complexity index is 491. The Morgan fingerprint density at radius 1 is 1.35 bits per heavy atom. The fourth-order valence-electron chi connectivity index (χ4n) is 1.62. The third kappa shape index (κ3) is 6.64. The summed E-state index contributed by atoms with van der Waals surface area (Å²) < 4.78 is 29.0. The summed E-state index contributed by atoms with van der Waals surface area (Å²) >= 11 is 5.02. The molecule has 0 saturated heterocycles. The Balaban J connectivity index is 2.29. The highest BCUT2D eigenvalue weighted by atomic mass is 79.9. The van der Waals surface area contributed by atoms with E-state index in [1.165, 1.54) is 4.31 Å². The van der Waals surface area contributed by atoms with Crippen molar-refractivity contribution in [3.8, 4) is 0 Å². The molecule has 0 unspecified atom stereocenters. The number of rotatable bonds is 10. The van der Waals surface area contributed by atoms with Crippen molar-refractivity contribution in [1.29, 1.82) is 0 Å². The largest absolute Gasteiger partial charge is 0.317 e. The van der Waals surface area contributed by atoms with Crippen LogP contribution >= 0.6 is 27.3 Å². The fourth-order valence-corrected chi connectivity index (χ4v) is 4.06. The zero-order chi connectivity index (χ0) is 15.0. The molecule has 1 aromatic rings. The van der Waals surface area contributed by atoms with Crippen LogP contribution in [0.1, 0.15) is 18.2 Å². The predicted molar refractivity (Wildman–Crippen MR) is 88.4 cm³/mol. The van der Waals surface area contributed by atoms with Crippen molar-refractivity contribution in [1.82, 2.24) is 14.3 Å². The van der Waals surface area contributed by atoms with Crippen LogP contribution in [0.4, 0.5) is 0 Å². The van der Waals surface area contributed by atoms with Crippen LogP contribution in [0.25, 0.3) is 0 Å². The van der Waals surface area contributed by atoms with E-state index < -0.39 is 10.2 Å². The Morgan fingerprint density at radius 2 is 2.10 bits per heavy atom. The fraction of sp³-hybridized carbons (Fsp3) is 0.667. The molecule has 0 aliphatic heterocycles. The number of halogens is 1. The Labute approximate surface area is 134 Å². The van der Waals surface area contributed by atoms with Crippen LogP contribution in [0.2, 0.25) is 0 Å². The molecular formula is C12H22BrN3O2S2. The molecule has 0 amide bonds. The minimum Gasteiger partial charge on any atom is -0.317 e. The lowest BCUT2D eigenvalue weighted by Crippen LogP contribution is -2.40. The Kier molecular flexibility index (Phi) is 8.23. The van der Waals surface area contributed by atoms with Crippen LogP contribution in [0.15, 0.2) is 15.9 Å². The second kappa shape index (κ2) is 9.11. The normalized spacial score (nSPS) is 12.2. The third-order valence-corrected chi connectivity index (χ3v) is 6.03. The van der Waals surface area contributed by atoms with Crippen LogP contribution < -0.4 is 10.0 Å². The topological polar surface area (TPSA) is 61.4 Å². The molecule has 2 N–H and O–H groups in total. The molecule has 1 heterocycles. The maximum atomic E-state index is 12.0. The zero-order valence-electron chi connectivity index (χ0n) is 11.9. The van der Waals surface area contributed by atoms with Crippen molar-refractivity contribution in [2.45, 2.75) is 19.8 Å². The van der Waals surface area contributed by atoms with Crippen molar-refractivity contribution in [3.63, 3.8) is 0 Å². The van der Waals surface area contributed by atoms with E-state index in [0.717, 1.165) is 28.2 Å². The predicted octanol–water partition coefficient (Wildman–Crippen LogP) is 1.82. The van der Waals surface area contributed by atoms with Gasteiger partial charge in [-0.3, -0.25) is 0 Å². The highest BCUT2D eigenvalue weighted by molar-refractivity contribution is 9.11. The molecular weight excluding hydrogens is 362 g/mol. The first kappa shape index (κ1) is 18.1. The third-order valence-electron chi connectivity index (χ3n) is 2.77. The van der Waals surface area contributed by atoms with E-state index in [0.29, 0.717) is 19.5 Å². The van der Waals surface area contributed by atoms with Crippen LogP contribution in [0.5, 0.6) is 0 Å². The highest BCUT2D eigenvalue weighted by Crippen LogP contribution is 2.22. The SMILES string of the molecule is CCNCCCN(C)S(=O)(=O)NCCc1ccc(Br)s1. The molecule has 1 aromatic heterocycles. The number of nitrogens with zero attached hydrogens (tertiary/aromatic N) is 1. The number of nitrogens with one attached hydrogen (secondary N) is 2. The maximum Gasteiger partial charge on any atom is 0.279 e. The molecule has 1 rings (SSSR count). The minimum atomic E-state index is -3.36. The molecule has 0 aromatic carbocycles. The lowest BCUT2D eigenvalue weighted by atomic mass is 10.3. The van der Waals surface area contributed by atoms with Crippen LogP contribution in [0.3, 0.4) is 0 Å². The number of hydrogen-bond donors (Lipinski definition) is 2. The van der Waals surface area contributed by atoms with Crippen molar-refractivity contribution in [2.24, 2.45) is 0 Å². The summed E-state index contributed by atoms with van der Waals surface area (Å²) in [5, 5.41) is 3.18. The van der Waals surface area contributed by atoms with Gasteiger partial charge in [-0.25, -0.2) is 4.72 Å². The van der Waals surface area contributed by atoms with Crippen LogP contribution in [-0.4, -0.2) is 45.9 Å². The van der Waals surface area contributed by atoms with Gasteiger partial charge in [-0.1, -0.05) is 6.92 Å². The van der Waals surface area contributed by atoms with Gasteiger partial charge in [0.1, 0.15) is 0 Å². The molecule has 8 heteroatoms. The smallest absolute Gasteiger partial charge is 0.279 e. The second-order valence-corrected chi connectivity index (χ2v) is 8.79. The van der Waals surface area contributed by atoms with E-state index in [1.54, 1.807) is 18.4 Å². The van der Waals surface area contributed by atoms with E-state index in [2.05, 4.69) is 26.0 Å². The van der Waals surface area contributed by atoms with Gasteiger partial charge in [0.15, 0.2) is 0 Å². The average molecular weight is 384 g/mol. The van der Waals surface area contributed by atoms with Gasteiger partial charge in [-0.15, -0.1) is 11.3 Å². The van der Waals surface area contributed by atoms with E-state index in [-0.39, 0.29) is 0 Å². The standard InChI is InChI=1S/C12H22BrN3O2S2/c1-3-14-8-4-10-16(2)20(17,18)15-9-7-11-5-6-12(13)19-11/h5-6,14-15H,3-4,7-10H2,1-2H3. The van der Waals surface area contributed by atoms with Crippen molar-refractivity contribution < 1.29 is 8.42 Å². The molecule has 0 atom stereocenters. The number of thiophene rings is 1. The van der Waals surface area contributed by atoms with Crippen molar-refractivity contribution in [3.05, 3.63) is 20.8 Å². The monoisotopic (exact) mass is 383 g/mol. The zero-order valence-corrected chi connectivity index (χ0v) is 15.1. The van der Waals surface area contributed by atoms with E-state index in [1.807, 2.05) is 19.1 Å². The second-order valence-electron chi connectivity index (χ2n) is 4.38. The van der Waals surface area contributed by atoms with E-state index >= 15 is 0 Å². The lowest BCUT2D eigenvalue weighted by molar-refractivity contribution is 0.446. The van der Waals surface area contributed by atoms with Gasteiger partial charge in [-0.05, 0) is 54.0 Å². The highest BCUT2D eigenvalue weighted by Gasteiger charge is 2.16. The molecule has 116 valence electrons. The van der Waals surface area contributed by atoms with Gasteiger partial charge in [0, 0.05) is 25.0 Å². The quantitative estimate of drug-likeness (QED) is 0.605. The molecule has 0 spiro atoms. The molecule has 0 fully saturated rings. The van der Waals surface area contributed by atoms with Gasteiger partial charge in [-0.2, -0.15) is 12.7 Å². The molecule has 20 heavy (non-hydrogen) atoms. The molecule has 0 aliphatic rings. The first-order valence-electron chi connectivity index (χ1n) is 6.61.